The molecule has 0 aromatic heterocycles. The van der Waals surface area contributed by atoms with Crippen molar-refractivity contribution in [2.75, 3.05) is 0 Å². The van der Waals surface area contributed by atoms with Crippen LogP contribution in [0.5, 0.6) is 0 Å². The predicted molar refractivity (Wildman–Crippen MR) is 76.7 cm³/mol. The molecule has 108 valence electrons. The number of rotatable bonds is 13. The number of aliphatic carboxylic acids is 1. The zero-order valence-corrected chi connectivity index (χ0v) is 11.8. The fourth-order valence-electron chi connectivity index (χ4n) is 2.09. The fraction of sp³-hybridized carbons (Fsp3) is 0.688. The molecule has 0 radical (unpaired) electrons. The van der Waals surface area contributed by atoms with Crippen molar-refractivity contribution < 1.29 is 14.6 Å². The lowest BCUT2D eigenvalue weighted by Gasteiger charge is -2.01. The Labute approximate surface area is 116 Å². The van der Waals surface area contributed by atoms with Crippen LogP contribution in [0.4, 0.5) is 0 Å². The average molecular weight is 266 g/mol. The van der Waals surface area contributed by atoms with Gasteiger partial charge in [-0.05, 0) is 25.3 Å². The first-order chi connectivity index (χ1) is 9.29. The molecule has 0 amide bonds. The van der Waals surface area contributed by atoms with Gasteiger partial charge in [0.05, 0.1) is 0 Å². The molecule has 0 saturated carbocycles. The Morgan fingerprint density at radius 3 is 2.05 bits per heavy atom. The number of carboxylic acid groups (broad SMARTS) is 1. The number of hydrogen-bond acceptors (Lipinski definition) is 2. The standard InChI is InChI=1S/C16H26O3/c17-16(18)13-11-9-7-5-3-1-2-4-6-8-10-12-15-14-19-15/h10,12,14H,1-9,11,13H2,(H,17,18). The van der Waals surface area contributed by atoms with Crippen LogP contribution in [0.3, 0.4) is 0 Å². The van der Waals surface area contributed by atoms with Crippen molar-refractivity contribution in [1.29, 1.82) is 0 Å². The molecule has 1 N–H and O–H groups in total. The molecule has 0 saturated heterocycles. The Kier molecular flexibility index (Phi) is 8.86. The largest absolute Gasteiger partial charge is 0.481 e. The van der Waals surface area contributed by atoms with Crippen LogP contribution in [-0.4, -0.2) is 11.1 Å². The van der Waals surface area contributed by atoms with Crippen LogP contribution in [0.2, 0.25) is 0 Å². The van der Waals surface area contributed by atoms with Gasteiger partial charge >= 0.3 is 5.97 Å². The minimum atomic E-state index is -0.668. The van der Waals surface area contributed by atoms with E-state index in [2.05, 4.69) is 6.08 Å². The molecule has 1 aliphatic heterocycles. The highest BCUT2D eigenvalue weighted by atomic mass is 16.5. The van der Waals surface area contributed by atoms with Gasteiger partial charge in [-0.25, -0.2) is 0 Å². The second kappa shape index (κ2) is 10.7. The topological polar surface area (TPSA) is 49.8 Å². The monoisotopic (exact) mass is 266 g/mol. The Hall–Kier alpha value is -1.25. The fourth-order valence-corrected chi connectivity index (χ4v) is 2.09. The van der Waals surface area contributed by atoms with E-state index >= 15 is 0 Å². The SMILES string of the molecule is O=C(O)CCCCCCCCCCCC=CC1=CO1. The second-order valence-electron chi connectivity index (χ2n) is 5.15. The van der Waals surface area contributed by atoms with Gasteiger partial charge in [-0.3, -0.25) is 4.79 Å². The molecule has 0 fully saturated rings. The van der Waals surface area contributed by atoms with Crippen molar-refractivity contribution in [1.82, 2.24) is 0 Å². The predicted octanol–water partition coefficient (Wildman–Crippen LogP) is 4.79. The first kappa shape index (κ1) is 15.8. The molecular weight excluding hydrogens is 240 g/mol. The van der Waals surface area contributed by atoms with Gasteiger partial charge in [0.1, 0.15) is 6.26 Å². The molecule has 19 heavy (non-hydrogen) atoms. The third kappa shape index (κ3) is 11.6. The number of ether oxygens (including phenoxy) is 1. The highest BCUT2D eigenvalue weighted by Crippen LogP contribution is 2.15. The maximum atomic E-state index is 10.3. The number of carboxylic acids is 1. The quantitative estimate of drug-likeness (QED) is 0.488. The van der Waals surface area contributed by atoms with E-state index in [1.54, 1.807) is 6.26 Å². The van der Waals surface area contributed by atoms with Gasteiger partial charge in [0, 0.05) is 6.42 Å². The molecule has 3 heteroatoms. The first-order valence-corrected chi connectivity index (χ1v) is 7.54. The number of unbranched alkanes of at least 4 members (excludes halogenated alkanes) is 9. The summed E-state index contributed by atoms with van der Waals surface area (Å²) in [5.74, 6) is 0.335. The molecule has 0 atom stereocenters. The van der Waals surface area contributed by atoms with Gasteiger partial charge in [-0.1, -0.05) is 51.0 Å². The van der Waals surface area contributed by atoms with E-state index < -0.39 is 5.97 Å². The van der Waals surface area contributed by atoms with Crippen LogP contribution in [0.1, 0.15) is 70.6 Å². The van der Waals surface area contributed by atoms with E-state index in [1.807, 2.05) is 6.08 Å². The normalized spacial score (nSPS) is 13.4. The van der Waals surface area contributed by atoms with Crippen molar-refractivity contribution in [2.24, 2.45) is 0 Å². The lowest BCUT2D eigenvalue weighted by molar-refractivity contribution is -0.137. The van der Waals surface area contributed by atoms with E-state index in [0.717, 1.165) is 25.0 Å². The molecule has 0 spiro atoms. The zero-order chi connectivity index (χ0) is 13.8. The lowest BCUT2D eigenvalue weighted by atomic mass is 10.1. The van der Waals surface area contributed by atoms with Gasteiger partial charge in [0.25, 0.3) is 0 Å². The van der Waals surface area contributed by atoms with E-state index in [0.29, 0.717) is 6.42 Å². The Balaban J connectivity index is 1.69. The van der Waals surface area contributed by atoms with Crippen molar-refractivity contribution in [3.05, 3.63) is 24.2 Å². The molecule has 1 heterocycles. The van der Waals surface area contributed by atoms with Crippen LogP contribution >= 0.6 is 0 Å². The summed E-state index contributed by atoms with van der Waals surface area (Å²) in [6.45, 7) is 0. The van der Waals surface area contributed by atoms with Gasteiger partial charge in [-0.2, -0.15) is 0 Å². The summed E-state index contributed by atoms with van der Waals surface area (Å²) in [5.41, 5.74) is 0. The lowest BCUT2D eigenvalue weighted by Crippen LogP contribution is -1.93. The molecule has 0 bridgehead atoms. The van der Waals surface area contributed by atoms with Crippen LogP contribution in [0, 0.1) is 0 Å². The molecule has 1 rings (SSSR count). The first-order valence-electron chi connectivity index (χ1n) is 7.54. The van der Waals surface area contributed by atoms with Gasteiger partial charge < -0.3 is 9.84 Å². The van der Waals surface area contributed by atoms with Crippen LogP contribution < -0.4 is 0 Å². The van der Waals surface area contributed by atoms with Crippen LogP contribution in [-0.2, 0) is 9.53 Å². The zero-order valence-electron chi connectivity index (χ0n) is 11.8. The maximum Gasteiger partial charge on any atom is 0.303 e. The minimum absolute atomic E-state index is 0.329. The van der Waals surface area contributed by atoms with Crippen molar-refractivity contribution in [3.8, 4) is 0 Å². The smallest absolute Gasteiger partial charge is 0.303 e. The molecule has 0 aliphatic carbocycles. The highest BCUT2D eigenvalue weighted by molar-refractivity contribution is 5.66. The van der Waals surface area contributed by atoms with Gasteiger partial charge in [-0.15, -0.1) is 0 Å². The highest BCUT2D eigenvalue weighted by Gasteiger charge is 2.02. The van der Waals surface area contributed by atoms with E-state index in [-0.39, 0.29) is 0 Å². The molecule has 1 aliphatic rings. The number of allylic oxidation sites excluding steroid dienone is 2. The Morgan fingerprint density at radius 1 is 1.00 bits per heavy atom. The van der Waals surface area contributed by atoms with Crippen molar-refractivity contribution >= 4 is 5.97 Å². The Bertz CT molecular complexity index is 305. The Morgan fingerprint density at radius 2 is 1.53 bits per heavy atom. The number of hydrogen-bond donors (Lipinski definition) is 1. The molecule has 0 aromatic rings. The summed E-state index contributed by atoms with van der Waals surface area (Å²) < 4.78 is 4.89. The summed E-state index contributed by atoms with van der Waals surface area (Å²) in [6, 6.07) is 0. The molecule has 0 aromatic carbocycles. The summed E-state index contributed by atoms with van der Waals surface area (Å²) in [4.78, 5) is 10.3. The molecule has 3 nitrogen and oxygen atoms in total. The van der Waals surface area contributed by atoms with Crippen LogP contribution in [0.15, 0.2) is 24.2 Å². The van der Waals surface area contributed by atoms with E-state index in [4.69, 9.17) is 9.84 Å². The maximum absolute atomic E-state index is 10.3. The summed E-state index contributed by atoms with van der Waals surface area (Å²) >= 11 is 0. The summed E-state index contributed by atoms with van der Waals surface area (Å²) in [6.07, 6.45) is 18.3. The molecular formula is C16H26O3. The summed E-state index contributed by atoms with van der Waals surface area (Å²) in [5, 5.41) is 8.49. The summed E-state index contributed by atoms with van der Waals surface area (Å²) in [7, 11) is 0. The third-order valence-corrected chi connectivity index (χ3v) is 3.30. The van der Waals surface area contributed by atoms with Gasteiger partial charge in [0.15, 0.2) is 5.76 Å². The van der Waals surface area contributed by atoms with Gasteiger partial charge in [0.2, 0.25) is 0 Å². The number of carbonyl (C=O) groups is 1. The van der Waals surface area contributed by atoms with E-state index in [1.165, 1.54) is 44.9 Å². The second-order valence-corrected chi connectivity index (χ2v) is 5.15. The minimum Gasteiger partial charge on any atom is -0.481 e. The van der Waals surface area contributed by atoms with Crippen molar-refractivity contribution in [2.45, 2.75) is 70.6 Å². The third-order valence-electron chi connectivity index (χ3n) is 3.30. The molecule has 0 unspecified atom stereocenters. The van der Waals surface area contributed by atoms with Crippen LogP contribution in [0.25, 0.3) is 0 Å². The van der Waals surface area contributed by atoms with E-state index in [9.17, 15) is 4.79 Å². The van der Waals surface area contributed by atoms with Crippen molar-refractivity contribution in [3.63, 3.8) is 0 Å². The average Bonchev–Trinajstić information content (AvgIpc) is 3.18.